The van der Waals surface area contributed by atoms with Gasteiger partial charge in [-0.2, -0.15) is 0 Å². The highest BCUT2D eigenvalue weighted by molar-refractivity contribution is 5.81. The Balaban J connectivity index is 1.99. The number of anilines is 1. The Morgan fingerprint density at radius 3 is 3.00 bits per heavy atom. The van der Waals surface area contributed by atoms with Gasteiger partial charge in [0.25, 0.3) is 0 Å². The number of fused-ring (bicyclic) bond motifs is 1. The number of nitrogen functional groups attached to an aromatic ring is 1. The maximum atomic E-state index is 9.71. The van der Waals surface area contributed by atoms with Gasteiger partial charge in [0.1, 0.15) is 24.2 Å². The average molecular weight is 254 g/mol. The van der Waals surface area contributed by atoms with Gasteiger partial charge < -0.3 is 20.7 Å². The number of rotatable bonds is 2. The summed E-state index contributed by atoms with van der Waals surface area (Å²) in [4.78, 5) is 12.1. The second-order valence-corrected chi connectivity index (χ2v) is 4.20. The monoisotopic (exact) mass is 254 g/mol. The van der Waals surface area contributed by atoms with Crippen LogP contribution in [0.25, 0.3) is 11.2 Å². The van der Waals surface area contributed by atoms with Crippen LogP contribution in [0.5, 0.6) is 0 Å². The van der Waals surface area contributed by atoms with Gasteiger partial charge in [0.15, 0.2) is 11.5 Å². The Bertz CT molecular complexity index is 572. The van der Waals surface area contributed by atoms with E-state index in [1.165, 1.54) is 6.33 Å². The minimum atomic E-state index is -0.698. The first-order valence-corrected chi connectivity index (χ1v) is 5.58. The first kappa shape index (κ1) is 11.3. The molecule has 2 aromatic heterocycles. The van der Waals surface area contributed by atoms with E-state index in [9.17, 15) is 5.11 Å². The number of hydrogen-bond acceptors (Lipinski definition) is 7. The van der Waals surface area contributed by atoms with E-state index in [0.717, 1.165) is 0 Å². The molecule has 4 N–H and O–H groups in total. The van der Waals surface area contributed by atoms with Gasteiger partial charge in [0.2, 0.25) is 0 Å². The number of imidazole rings is 1. The molecule has 3 rings (SSSR count). The highest BCUT2D eigenvalue weighted by Crippen LogP contribution is 2.30. The van der Waals surface area contributed by atoms with E-state index in [0.29, 0.717) is 23.4 Å². The Hall–Kier alpha value is -1.77. The molecule has 8 nitrogen and oxygen atoms in total. The lowest BCUT2D eigenvalue weighted by Gasteiger charge is -2.13. The predicted octanol–water partition coefficient (Wildman–Crippen LogP) is -0.951. The largest absolute Gasteiger partial charge is 0.394 e. The average Bonchev–Trinajstić information content (AvgIpc) is 2.93. The first-order valence-electron chi connectivity index (χ1n) is 5.58. The van der Waals surface area contributed by atoms with Crippen molar-refractivity contribution in [2.75, 3.05) is 12.3 Å². The molecule has 0 saturated carbocycles. The normalized spacial score (nSPS) is 28.0. The molecular weight excluding hydrogens is 241 g/mol. The number of hydrogen-bond donors (Lipinski definition) is 3. The highest BCUT2D eigenvalue weighted by Gasteiger charge is 2.35. The zero-order valence-electron chi connectivity index (χ0n) is 9.47. The molecule has 0 bridgehead atoms. The maximum Gasteiger partial charge on any atom is 0.167 e. The molecule has 0 unspecified atom stereocenters. The van der Waals surface area contributed by atoms with Gasteiger partial charge in [0, 0.05) is 6.42 Å². The Morgan fingerprint density at radius 2 is 2.28 bits per heavy atom. The lowest BCUT2D eigenvalue weighted by atomic mass is 10.2. The molecule has 8 heteroatoms. The van der Waals surface area contributed by atoms with E-state index in [1.807, 2.05) is 0 Å². The summed E-state index contributed by atoms with van der Waals surface area (Å²) in [5, 5.41) is 18.8. The Labute approximate surface area is 102 Å². The minimum absolute atomic E-state index is 0.221. The molecule has 3 heterocycles. The molecule has 18 heavy (non-hydrogen) atoms. The van der Waals surface area contributed by atoms with Crippen LogP contribution in [0.3, 0.4) is 0 Å². The second-order valence-electron chi connectivity index (χ2n) is 4.20. The van der Waals surface area contributed by atoms with Crippen LogP contribution in [0.1, 0.15) is 12.6 Å². The summed E-state index contributed by atoms with van der Waals surface area (Å²) in [6.45, 7) is -0.221. The van der Waals surface area contributed by atoms with E-state index in [1.54, 1.807) is 10.9 Å². The third kappa shape index (κ3) is 1.62. The van der Waals surface area contributed by atoms with Crippen LogP contribution in [0.15, 0.2) is 12.7 Å². The van der Waals surface area contributed by atoms with Crippen molar-refractivity contribution in [1.29, 1.82) is 0 Å². The molecule has 2 aromatic rings. The molecule has 0 amide bonds. The number of ether oxygens (including phenoxy) is 1. The van der Waals surface area contributed by atoms with E-state index >= 15 is 0 Å². The van der Waals surface area contributed by atoms with Crippen molar-refractivity contribution in [2.24, 2.45) is 0 Å². The number of aliphatic hydroxyl groups is 2. The quantitative estimate of drug-likeness (QED) is 0.632. The van der Waals surface area contributed by atoms with Crippen LogP contribution >= 0.6 is 0 Å². The molecule has 0 aliphatic carbocycles. The van der Waals surface area contributed by atoms with Gasteiger partial charge in [-0.3, -0.25) is 4.57 Å². The zero-order valence-corrected chi connectivity index (χ0v) is 9.47. The lowest BCUT2D eigenvalue weighted by Crippen LogP contribution is -2.24. The van der Waals surface area contributed by atoms with Gasteiger partial charge in [-0.25, -0.2) is 15.0 Å². The van der Waals surface area contributed by atoms with E-state index in [4.69, 9.17) is 15.6 Å². The number of nitrogens with zero attached hydrogens (tertiary/aromatic N) is 4. The van der Waals surface area contributed by atoms with E-state index in [2.05, 4.69) is 15.0 Å². The Morgan fingerprint density at radius 1 is 1.44 bits per heavy atom. The smallest absolute Gasteiger partial charge is 0.167 e. The molecule has 0 aromatic carbocycles. The minimum Gasteiger partial charge on any atom is -0.394 e. The fourth-order valence-corrected chi connectivity index (χ4v) is 2.13. The molecule has 96 valence electrons. The molecule has 1 aliphatic rings. The zero-order chi connectivity index (χ0) is 12.7. The van der Waals surface area contributed by atoms with E-state index < -0.39 is 18.4 Å². The molecule has 3 atom stereocenters. The van der Waals surface area contributed by atoms with Gasteiger partial charge >= 0.3 is 0 Å². The predicted molar refractivity (Wildman–Crippen MR) is 61.4 cm³/mol. The summed E-state index contributed by atoms with van der Waals surface area (Å²) in [5.41, 5.74) is 6.75. The molecule has 0 spiro atoms. The third-order valence-corrected chi connectivity index (χ3v) is 3.08. The van der Waals surface area contributed by atoms with Crippen LogP contribution in [0.2, 0.25) is 0 Å². The van der Waals surface area contributed by atoms with Crippen molar-refractivity contribution in [3.8, 4) is 0 Å². The molecule has 1 saturated heterocycles. The van der Waals surface area contributed by atoms with Crippen molar-refractivity contribution in [3.63, 3.8) is 0 Å². The summed E-state index contributed by atoms with van der Waals surface area (Å²) < 4.78 is 7.22. The van der Waals surface area contributed by atoms with Crippen LogP contribution in [0.4, 0.5) is 5.82 Å². The SMILES string of the molecule is Nc1ncn[13c]2c1[15n][13cH]n2[C@H]1C[C@H](O)[C@@H](CO)O1. The fraction of sp³-hybridized carbons (Fsp3) is 0.500. The van der Waals surface area contributed by atoms with Gasteiger partial charge in [0.05, 0.1) is 19.0 Å². The van der Waals surface area contributed by atoms with Crippen LogP contribution in [-0.4, -0.2) is 48.5 Å². The summed E-state index contributed by atoms with van der Waals surface area (Å²) >= 11 is 0. The van der Waals surface area contributed by atoms with Crippen LogP contribution in [-0.2, 0) is 4.74 Å². The van der Waals surface area contributed by atoms with E-state index in [-0.39, 0.29) is 6.61 Å². The molecular formula is C10H13N5O3. The van der Waals surface area contributed by atoms with Crippen molar-refractivity contribution >= 4 is 17.0 Å². The molecule has 1 fully saturated rings. The molecule has 0 radical (unpaired) electrons. The van der Waals surface area contributed by atoms with Gasteiger partial charge in [-0.05, 0) is 0 Å². The topological polar surface area (TPSA) is 119 Å². The van der Waals surface area contributed by atoms with Gasteiger partial charge in [-0.1, -0.05) is 0 Å². The summed E-state index contributed by atoms with van der Waals surface area (Å²) in [6.07, 6.45) is 1.60. The van der Waals surface area contributed by atoms with Gasteiger partial charge in [-0.15, -0.1) is 0 Å². The van der Waals surface area contributed by atoms with Crippen molar-refractivity contribution < 1.29 is 14.9 Å². The van der Waals surface area contributed by atoms with Crippen LogP contribution < -0.4 is 5.73 Å². The Kier molecular flexibility index (Phi) is 2.62. The molecule has 1 aliphatic heterocycles. The van der Waals surface area contributed by atoms with Crippen molar-refractivity contribution in [2.45, 2.75) is 24.9 Å². The first-order chi connectivity index (χ1) is 8.70. The lowest BCUT2D eigenvalue weighted by molar-refractivity contribution is -0.0432. The maximum absolute atomic E-state index is 9.71. The second kappa shape index (κ2) is 4.16. The number of nitrogens with two attached hydrogens (primary N) is 1. The van der Waals surface area contributed by atoms with Crippen LogP contribution in [0, 0.1) is 0 Å². The summed E-state index contributed by atoms with van der Waals surface area (Å²) in [6, 6.07) is 0. The number of aliphatic hydroxyl groups excluding tert-OH is 2. The third-order valence-electron chi connectivity index (χ3n) is 3.08. The fourth-order valence-electron chi connectivity index (χ4n) is 2.13. The number of aromatic nitrogens is 4. The summed E-state index contributed by atoms with van der Waals surface area (Å²) in [7, 11) is 0. The standard InChI is InChI=1S/C10H13N5O3/c11-9-8-10(13-3-12-9)15(4-14-8)7-1-5(17)6(2-16)18-7/h3-7,16-17H,1-2H2,(H2,11,12,13)/t5-,6+,7+/m0/s1/i4+1,10+1,14+1. The summed E-state index contributed by atoms with van der Waals surface area (Å²) in [5.74, 6) is 0.302. The van der Waals surface area contributed by atoms with Crippen molar-refractivity contribution in [1.82, 2.24) is 19.5 Å². The van der Waals surface area contributed by atoms with Crippen molar-refractivity contribution in [3.05, 3.63) is 12.7 Å². The highest BCUT2D eigenvalue weighted by atomic mass is 16.5.